The molecular weight excluding hydrogens is 344 g/mol. The first-order valence-corrected chi connectivity index (χ1v) is 8.45. The number of fused-ring (bicyclic) bond motifs is 1. The number of hydrogen-bond donors (Lipinski definition) is 2. The fraction of sp³-hybridized carbons (Fsp3) is 0.368. The summed E-state index contributed by atoms with van der Waals surface area (Å²) < 4.78 is 29.8. The first-order valence-electron chi connectivity index (χ1n) is 8.45. The number of amides is 1. The minimum absolute atomic E-state index is 0.0647. The summed E-state index contributed by atoms with van der Waals surface area (Å²) in [6.45, 7) is -2.63. The minimum Gasteiger partial charge on any atom is -0.481 e. The zero-order valence-corrected chi connectivity index (χ0v) is 14.2. The fourth-order valence-electron chi connectivity index (χ4n) is 2.64. The topological polar surface area (TPSA) is 75.6 Å². The molecule has 1 amide bonds. The molecule has 2 aromatic rings. The Morgan fingerprint density at radius 1 is 1.04 bits per heavy atom. The first-order chi connectivity index (χ1) is 12.5. The largest absolute Gasteiger partial charge is 0.481 e. The lowest BCUT2D eigenvalue weighted by Gasteiger charge is -2.12. The molecule has 0 bridgehead atoms. The summed E-state index contributed by atoms with van der Waals surface area (Å²) >= 11 is 0. The van der Waals surface area contributed by atoms with Crippen molar-refractivity contribution in [2.45, 2.75) is 38.7 Å². The van der Waals surface area contributed by atoms with Crippen LogP contribution < -0.4 is 10.1 Å². The van der Waals surface area contributed by atoms with Crippen molar-refractivity contribution in [3.63, 3.8) is 0 Å². The lowest BCUT2D eigenvalue weighted by molar-refractivity contribution is -0.137. The van der Waals surface area contributed by atoms with Crippen molar-refractivity contribution in [2.75, 3.05) is 6.54 Å². The van der Waals surface area contributed by atoms with Gasteiger partial charge in [0.15, 0.2) is 0 Å². The quantitative estimate of drug-likeness (QED) is 0.619. The van der Waals surface area contributed by atoms with Crippen LogP contribution in [0.1, 0.15) is 42.5 Å². The summed E-state index contributed by atoms with van der Waals surface area (Å²) in [5, 5.41) is 12.7. The van der Waals surface area contributed by atoms with E-state index >= 15 is 0 Å². The normalized spacial score (nSPS) is 10.9. The van der Waals surface area contributed by atoms with Crippen molar-refractivity contribution in [1.82, 2.24) is 5.32 Å². The maximum Gasteiger partial charge on any atom is 0.387 e. The molecule has 140 valence electrons. The predicted octanol–water partition coefficient (Wildman–Crippen LogP) is 4.21. The number of unbranched alkanes of at least 4 members (excludes halogenated alkanes) is 3. The summed E-state index contributed by atoms with van der Waals surface area (Å²) in [5.41, 5.74) is 0.0647. The van der Waals surface area contributed by atoms with Gasteiger partial charge in [-0.3, -0.25) is 9.59 Å². The van der Waals surface area contributed by atoms with Crippen LogP contribution in [0.5, 0.6) is 5.75 Å². The Morgan fingerprint density at radius 3 is 2.35 bits per heavy atom. The SMILES string of the molecule is O=C(O)CCCCCCNC(=O)c1cc2ccccc2cc1OC(F)F. The van der Waals surface area contributed by atoms with Crippen LogP contribution in [-0.2, 0) is 4.79 Å². The Hall–Kier alpha value is -2.70. The highest BCUT2D eigenvalue weighted by atomic mass is 19.3. The molecule has 2 aromatic carbocycles. The molecule has 0 saturated heterocycles. The van der Waals surface area contributed by atoms with Crippen LogP contribution >= 0.6 is 0 Å². The van der Waals surface area contributed by atoms with E-state index in [-0.39, 0.29) is 17.7 Å². The molecule has 0 unspecified atom stereocenters. The Bertz CT molecular complexity index is 764. The monoisotopic (exact) mass is 365 g/mol. The molecule has 0 atom stereocenters. The van der Waals surface area contributed by atoms with Gasteiger partial charge in [-0.25, -0.2) is 0 Å². The van der Waals surface area contributed by atoms with Crippen molar-refractivity contribution in [1.29, 1.82) is 0 Å². The second-order valence-electron chi connectivity index (χ2n) is 5.89. The number of carboxylic acids is 1. The third-order valence-electron chi connectivity index (χ3n) is 3.91. The average Bonchev–Trinajstić information content (AvgIpc) is 2.59. The number of rotatable bonds is 10. The highest BCUT2D eigenvalue weighted by Gasteiger charge is 2.17. The Morgan fingerprint density at radius 2 is 1.69 bits per heavy atom. The highest BCUT2D eigenvalue weighted by molar-refractivity contribution is 6.01. The number of carbonyl (C=O) groups excluding carboxylic acids is 1. The van der Waals surface area contributed by atoms with Gasteiger partial charge in [-0.15, -0.1) is 0 Å². The third kappa shape index (κ3) is 5.98. The van der Waals surface area contributed by atoms with Crippen LogP contribution in [0.15, 0.2) is 36.4 Å². The molecule has 26 heavy (non-hydrogen) atoms. The fourth-order valence-corrected chi connectivity index (χ4v) is 2.64. The summed E-state index contributed by atoms with van der Waals surface area (Å²) in [6.07, 6.45) is 2.96. The van der Waals surface area contributed by atoms with Gasteiger partial charge in [0.05, 0.1) is 5.56 Å². The van der Waals surface area contributed by atoms with E-state index in [1.165, 1.54) is 12.1 Å². The molecule has 0 radical (unpaired) electrons. The lowest BCUT2D eigenvalue weighted by atomic mass is 10.1. The maximum atomic E-state index is 12.7. The van der Waals surface area contributed by atoms with Crippen LogP contribution in [0.3, 0.4) is 0 Å². The molecule has 0 aliphatic carbocycles. The Labute approximate surface area is 150 Å². The molecule has 0 fully saturated rings. The van der Waals surface area contributed by atoms with E-state index in [0.29, 0.717) is 24.8 Å². The maximum absolute atomic E-state index is 12.7. The molecule has 2 N–H and O–H groups in total. The van der Waals surface area contributed by atoms with Crippen LogP contribution in [-0.4, -0.2) is 30.1 Å². The van der Waals surface area contributed by atoms with Crippen LogP contribution in [0.25, 0.3) is 10.8 Å². The lowest BCUT2D eigenvalue weighted by Crippen LogP contribution is -2.25. The molecule has 2 rings (SSSR count). The number of alkyl halides is 2. The van der Waals surface area contributed by atoms with Crippen LogP contribution in [0.2, 0.25) is 0 Å². The van der Waals surface area contributed by atoms with Crippen LogP contribution in [0, 0.1) is 0 Å². The first kappa shape index (κ1) is 19.6. The van der Waals surface area contributed by atoms with E-state index in [1.807, 2.05) is 0 Å². The molecule has 7 heteroatoms. The van der Waals surface area contributed by atoms with Gasteiger partial charge in [0.25, 0.3) is 5.91 Å². The van der Waals surface area contributed by atoms with Gasteiger partial charge in [0.1, 0.15) is 5.75 Å². The van der Waals surface area contributed by atoms with Crippen LogP contribution in [0.4, 0.5) is 8.78 Å². The highest BCUT2D eigenvalue weighted by Crippen LogP contribution is 2.27. The van der Waals surface area contributed by atoms with Gasteiger partial charge in [0, 0.05) is 13.0 Å². The van der Waals surface area contributed by atoms with E-state index in [9.17, 15) is 18.4 Å². The van der Waals surface area contributed by atoms with Crippen molar-refractivity contribution in [2.24, 2.45) is 0 Å². The van der Waals surface area contributed by atoms with E-state index in [0.717, 1.165) is 18.2 Å². The van der Waals surface area contributed by atoms with Gasteiger partial charge in [-0.05, 0) is 35.7 Å². The van der Waals surface area contributed by atoms with Crippen molar-refractivity contribution < 1.29 is 28.2 Å². The summed E-state index contributed by atoms with van der Waals surface area (Å²) in [7, 11) is 0. The van der Waals surface area contributed by atoms with E-state index in [2.05, 4.69) is 10.1 Å². The molecule has 0 saturated carbocycles. The van der Waals surface area contributed by atoms with Gasteiger partial charge in [-0.1, -0.05) is 37.1 Å². The van der Waals surface area contributed by atoms with Crippen molar-refractivity contribution in [3.8, 4) is 5.75 Å². The number of benzene rings is 2. The summed E-state index contributed by atoms with van der Waals surface area (Å²) in [4.78, 5) is 22.8. The number of carbonyl (C=O) groups is 2. The van der Waals surface area contributed by atoms with Crippen molar-refractivity contribution >= 4 is 22.6 Å². The molecule has 0 spiro atoms. The Balaban J connectivity index is 1.96. The molecule has 0 aliphatic rings. The average molecular weight is 365 g/mol. The van der Waals surface area contributed by atoms with Gasteiger partial charge < -0.3 is 15.2 Å². The van der Waals surface area contributed by atoms with Gasteiger partial charge >= 0.3 is 12.6 Å². The predicted molar refractivity (Wildman–Crippen MR) is 93.6 cm³/mol. The molecule has 0 aliphatic heterocycles. The number of nitrogens with one attached hydrogen (secondary N) is 1. The second kappa shape index (κ2) is 9.70. The molecule has 0 aromatic heterocycles. The number of ether oxygens (including phenoxy) is 1. The van der Waals surface area contributed by atoms with Gasteiger partial charge in [0.2, 0.25) is 0 Å². The summed E-state index contributed by atoms with van der Waals surface area (Å²) in [6, 6.07) is 10.1. The van der Waals surface area contributed by atoms with E-state index in [1.54, 1.807) is 24.3 Å². The van der Waals surface area contributed by atoms with Gasteiger partial charge in [-0.2, -0.15) is 8.78 Å². The van der Waals surface area contributed by atoms with Crippen molar-refractivity contribution in [3.05, 3.63) is 42.0 Å². The number of carboxylic acid groups (broad SMARTS) is 1. The number of aliphatic carboxylic acids is 1. The molecule has 0 heterocycles. The van der Waals surface area contributed by atoms with E-state index < -0.39 is 18.5 Å². The zero-order chi connectivity index (χ0) is 18.9. The number of hydrogen-bond acceptors (Lipinski definition) is 3. The zero-order valence-electron chi connectivity index (χ0n) is 14.2. The summed E-state index contributed by atoms with van der Waals surface area (Å²) in [5.74, 6) is -1.45. The number of halogens is 2. The third-order valence-corrected chi connectivity index (χ3v) is 3.91. The second-order valence-corrected chi connectivity index (χ2v) is 5.89. The Kier molecular flexibility index (Phi) is 7.32. The standard InChI is InChI=1S/C19H21F2NO4/c20-19(21)26-16-12-14-8-5-4-7-13(14)11-15(16)18(25)22-10-6-2-1-3-9-17(23)24/h4-5,7-8,11-12,19H,1-3,6,9-10H2,(H,22,25)(H,23,24). The van der Waals surface area contributed by atoms with E-state index in [4.69, 9.17) is 5.11 Å². The molecule has 5 nitrogen and oxygen atoms in total. The minimum atomic E-state index is -3.02. The molecular formula is C19H21F2NO4. The smallest absolute Gasteiger partial charge is 0.387 e.